The Kier molecular flexibility index (Phi) is 3.01. The highest BCUT2D eigenvalue weighted by molar-refractivity contribution is 7.80. The second-order valence-electron chi connectivity index (χ2n) is 2.56. The highest BCUT2D eigenvalue weighted by Crippen LogP contribution is 2.31. The summed E-state index contributed by atoms with van der Waals surface area (Å²) in [5, 5.41) is 0.116. The lowest BCUT2D eigenvalue weighted by molar-refractivity contribution is -0.137. The molecule has 0 fully saturated rings. The second kappa shape index (κ2) is 3.74. The Hall–Kier alpha value is -0.810. The fourth-order valence-corrected chi connectivity index (χ4v) is 1.33. The first-order chi connectivity index (χ1) is 6.32. The standard InChI is InChI=1S/C8H5ClF3NS/c9-6-2-1-4(8(10,11)12)3-5(6)7(13)14/h1-3H,(H2,13,14). The highest BCUT2D eigenvalue weighted by atomic mass is 35.5. The van der Waals surface area contributed by atoms with Crippen molar-refractivity contribution in [1.29, 1.82) is 0 Å². The van der Waals surface area contributed by atoms with Crippen LogP contribution in [0.2, 0.25) is 5.02 Å². The normalized spacial score (nSPS) is 11.4. The summed E-state index contributed by atoms with van der Waals surface area (Å²) in [7, 11) is 0. The first-order valence-corrected chi connectivity index (χ1v) is 4.27. The molecule has 0 bridgehead atoms. The van der Waals surface area contributed by atoms with Crippen molar-refractivity contribution in [2.45, 2.75) is 6.18 Å². The molecule has 0 saturated heterocycles. The largest absolute Gasteiger partial charge is 0.416 e. The molecule has 0 aromatic heterocycles. The van der Waals surface area contributed by atoms with Gasteiger partial charge in [-0.2, -0.15) is 13.2 Å². The van der Waals surface area contributed by atoms with Crippen LogP contribution in [0, 0.1) is 0 Å². The van der Waals surface area contributed by atoms with E-state index in [1.54, 1.807) is 0 Å². The van der Waals surface area contributed by atoms with E-state index >= 15 is 0 Å². The number of benzene rings is 1. The Morgan fingerprint density at radius 1 is 1.36 bits per heavy atom. The number of alkyl halides is 3. The number of hydrogen-bond acceptors (Lipinski definition) is 1. The van der Waals surface area contributed by atoms with Gasteiger partial charge in [0.25, 0.3) is 0 Å². The molecule has 0 radical (unpaired) electrons. The number of nitrogens with two attached hydrogens (primary N) is 1. The quantitative estimate of drug-likeness (QED) is 0.763. The zero-order chi connectivity index (χ0) is 10.9. The van der Waals surface area contributed by atoms with E-state index in [0.29, 0.717) is 0 Å². The molecule has 0 heterocycles. The van der Waals surface area contributed by atoms with E-state index < -0.39 is 11.7 Å². The smallest absolute Gasteiger partial charge is 0.389 e. The minimum absolute atomic E-state index is 0.0384. The molecular weight excluding hydrogens is 235 g/mol. The molecule has 76 valence electrons. The van der Waals surface area contributed by atoms with Gasteiger partial charge in [0.15, 0.2) is 0 Å². The number of hydrogen-bond donors (Lipinski definition) is 1. The van der Waals surface area contributed by atoms with Gasteiger partial charge in [-0.15, -0.1) is 0 Å². The summed E-state index contributed by atoms with van der Waals surface area (Å²) in [5.41, 5.74) is 4.43. The molecule has 0 saturated carbocycles. The van der Waals surface area contributed by atoms with E-state index in [9.17, 15) is 13.2 Å². The van der Waals surface area contributed by atoms with Gasteiger partial charge in [-0.05, 0) is 18.2 Å². The van der Waals surface area contributed by atoms with Crippen molar-refractivity contribution in [3.63, 3.8) is 0 Å². The van der Waals surface area contributed by atoms with Crippen molar-refractivity contribution < 1.29 is 13.2 Å². The maximum absolute atomic E-state index is 12.2. The average Bonchev–Trinajstić information content (AvgIpc) is 2.02. The van der Waals surface area contributed by atoms with E-state index in [-0.39, 0.29) is 15.6 Å². The Labute approximate surface area is 88.7 Å². The topological polar surface area (TPSA) is 26.0 Å². The zero-order valence-corrected chi connectivity index (χ0v) is 8.30. The summed E-state index contributed by atoms with van der Waals surface area (Å²) in [5.74, 6) is 0. The number of thiocarbonyl (C=S) groups is 1. The van der Waals surface area contributed by atoms with Gasteiger partial charge in [-0.1, -0.05) is 23.8 Å². The van der Waals surface area contributed by atoms with Crippen LogP contribution in [0.1, 0.15) is 11.1 Å². The van der Waals surface area contributed by atoms with Gasteiger partial charge in [0.1, 0.15) is 4.99 Å². The van der Waals surface area contributed by atoms with Gasteiger partial charge < -0.3 is 5.73 Å². The molecule has 0 spiro atoms. The number of rotatable bonds is 1. The fourth-order valence-electron chi connectivity index (χ4n) is 0.890. The fraction of sp³-hybridized carbons (Fsp3) is 0.125. The minimum atomic E-state index is -4.41. The molecule has 1 nitrogen and oxygen atoms in total. The molecule has 1 aromatic carbocycles. The van der Waals surface area contributed by atoms with Crippen LogP contribution in [0.4, 0.5) is 13.2 Å². The Morgan fingerprint density at radius 2 is 1.93 bits per heavy atom. The van der Waals surface area contributed by atoms with Crippen LogP contribution in [0.3, 0.4) is 0 Å². The third-order valence-electron chi connectivity index (χ3n) is 1.56. The lowest BCUT2D eigenvalue weighted by Crippen LogP contribution is -2.13. The monoisotopic (exact) mass is 239 g/mol. The molecule has 14 heavy (non-hydrogen) atoms. The Morgan fingerprint density at radius 3 is 2.36 bits per heavy atom. The highest BCUT2D eigenvalue weighted by Gasteiger charge is 2.31. The summed E-state index contributed by atoms with van der Waals surface area (Å²) >= 11 is 10.2. The third kappa shape index (κ3) is 2.36. The van der Waals surface area contributed by atoms with Crippen LogP contribution in [0.5, 0.6) is 0 Å². The Bertz CT molecular complexity index is 375. The van der Waals surface area contributed by atoms with Crippen molar-refractivity contribution in [2.75, 3.05) is 0 Å². The molecule has 0 aliphatic carbocycles. The van der Waals surface area contributed by atoms with E-state index in [1.807, 2.05) is 0 Å². The average molecular weight is 240 g/mol. The SMILES string of the molecule is NC(=S)c1cc(C(F)(F)F)ccc1Cl. The van der Waals surface area contributed by atoms with E-state index in [4.69, 9.17) is 17.3 Å². The zero-order valence-electron chi connectivity index (χ0n) is 6.73. The Balaban J connectivity index is 3.27. The van der Waals surface area contributed by atoms with Crippen LogP contribution in [0.15, 0.2) is 18.2 Å². The molecule has 1 aromatic rings. The molecule has 0 aliphatic heterocycles. The summed E-state index contributed by atoms with van der Waals surface area (Å²) in [6.45, 7) is 0. The summed E-state index contributed by atoms with van der Waals surface area (Å²) in [6, 6.07) is 2.84. The predicted molar refractivity (Wildman–Crippen MR) is 52.3 cm³/mol. The van der Waals surface area contributed by atoms with E-state index in [0.717, 1.165) is 18.2 Å². The van der Waals surface area contributed by atoms with Gasteiger partial charge in [-0.25, -0.2) is 0 Å². The van der Waals surface area contributed by atoms with Crippen molar-refractivity contribution >= 4 is 28.8 Å². The van der Waals surface area contributed by atoms with Crippen LogP contribution in [0.25, 0.3) is 0 Å². The molecule has 0 amide bonds. The lowest BCUT2D eigenvalue weighted by Gasteiger charge is -2.09. The van der Waals surface area contributed by atoms with Crippen LogP contribution in [-0.2, 0) is 6.18 Å². The lowest BCUT2D eigenvalue weighted by atomic mass is 10.1. The summed E-state index contributed by atoms with van der Waals surface area (Å²) in [6.07, 6.45) is -4.41. The maximum Gasteiger partial charge on any atom is 0.416 e. The van der Waals surface area contributed by atoms with Gasteiger partial charge in [0, 0.05) is 5.56 Å². The second-order valence-corrected chi connectivity index (χ2v) is 3.40. The molecule has 0 atom stereocenters. The van der Waals surface area contributed by atoms with Gasteiger partial charge in [-0.3, -0.25) is 0 Å². The minimum Gasteiger partial charge on any atom is -0.389 e. The van der Waals surface area contributed by atoms with E-state index in [1.165, 1.54) is 0 Å². The van der Waals surface area contributed by atoms with Gasteiger partial charge in [0.05, 0.1) is 10.6 Å². The molecule has 0 unspecified atom stereocenters. The van der Waals surface area contributed by atoms with Crippen molar-refractivity contribution in [3.8, 4) is 0 Å². The molecule has 2 N–H and O–H groups in total. The molecule has 0 aliphatic rings. The van der Waals surface area contributed by atoms with Gasteiger partial charge in [0.2, 0.25) is 0 Å². The summed E-state index contributed by atoms with van der Waals surface area (Å²) < 4.78 is 36.7. The first-order valence-electron chi connectivity index (χ1n) is 3.49. The van der Waals surface area contributed by atoms with Crippen LogP contribution in [-0.4, -0.2) is 4.99 Å². The van der Waals surface area contributed by atoms with Gasteiger partial charge >= 0.3 is 6.18 Å². The maximum atomic E-state index is 12.2. The van der Waals surface area contributed by atoms with Crippen molar-refractivity contribution in [2.24, 2.45) is 5.73 Å². The van der Waals surface area contributed by atoms with Crippen molar-refractivity contribution in [1.82, 2.24) is 0 Å². The molecule has 1 rings (SSSR count). The molecular formula is C8H5ClF3NS. The first kappa shape index (κ1) is 11.3. The predicted octanol–water partition coefficient (Wildman–Crippen LogP) is 2.99. The van der Waals surface area contributed by atoms with Crippen LogP contribution >= 0.6 is 23.8 Å². The van der Waals surface area contributed by atoms with Crippen molar-refractivity contribution in [3.05, 3.63) is 34.3 Å². The number of halogens is 4. The van der Waals surface area contributed by atoms with E-state index in [2.05, 4.69) is 12.2 Å². The van der Waals surface area contributed by atoms with Crippen LogP contribution < -0.4 is 5.73 Å². The summed E-state index contributed by atoms with van der Waals surface area (Å²) in [4.78, 5) is -0.152. The third-order valence-corrected chi connectivity index (χ3v) is 2.11. The molecule has 6 heteroatoms.